The lowest BCUT2D eigenvalue weighted by Crippen LogP contribution is -2.50. The minimum absolute atomic E-state index is 0.0728. The summed E-state index contributed by atoms with van der Waals surface area (Å²) in [6, 6.07) is 23.6. The number of carbonyl (C=O) groups is 1. The molecule has 4 aromatic rings. The molecule has 5 rings (SSSR count). The van der Waals surface area contributed by atoms with Gasteiger partial charge < -0.3 is 9.15 Å². The number of hydrogen-bond donors (Lipinski definition) is 0. The Labute approximate surface area is 192 Å². The Kier molecular flexibility index (Phi) is 5.97. The van der Waals surface area contributed by atoms with Gasteiger partial charge in [-0.3, -0.25) is 9.69 Å². The van der Waals surface area contributed by atoms with E-state index in [0.29, 0.717) is 37.6 Å². The molecule has 1 aromatic heterocycles. The molecule has 0 aliphatic carbocycles. The van der Waals surface area contributed by atoms with Crippen LogP contribution in [0.15, 0.2) is 77.2 Å². The molecule has 168 valence electrons. The van der Waals surface area contributed by atoms with Gasteiger partial charge in [0.1, 0.15) is 17.2 Å². The van der Waals surface area contributed by atoms with Gasteiger partial charge in [-0.25, -0.2) is 4.39 Å². The maximum atomic E-state index is 15.0. The number of hydrogen-bond acceptors (Lipinski definition) is 4. The quantitative estimate of drug-likeness (QED) is 0.337. The molecule has 1 aliphatic rings. The van der Waals surface area contributed by atoms with E-state index >= 15 is 0 Å². The predicted molar refractivity (Wildman–Crippen MR) is 126 cm³/mol. The van der Waals surface area contributed by atoms with Crippen molar-refractivity contribution in [2.24, 2.45) is 5.92 Å². The van der Waals surface area contributed by atoms with Crippen LogP contribution in [0, 0.1) is 11.7 Å². The van der Waals surface area contributed by atoms with Crippen LogP contribution in [0.5, 0.6) is 0 Å². The molecule has 1 fully saturated rings. The number of ether oxygens (including phenoxy) is 1. The van der Waals surface area contributed by atoms with Gasteiger partial charge in [0.25, 0.3) is 0 Å². The highest BCUT2D eigenvalue weighted by Crippen LogP contribution is 2.31. The van der Waals surface area contributed by atoms with Crippen LogP contribution in [0.3, 0.4) is 0 Å². The van der Waals surface area contributed by atoms with Crippen LogP contribution < -0.4 is 0 Å². The molecule has 0 radical (unpaired) electrons. The van der Waals surface area contributed by atoms with Gasteiger partial charge in [0.15, 0.2) is 0 Å². The van der Waals surface area contributed by atoms with Gasteiger partial charge in [-0.2, -0.15) is 0 Å². The Bertz CT molecular complexity index is 1280. The van der Waals surface area contributed by atoms with Crippen molar-refractivity contribution in [3.05, 3.63) is 95.3 Å². The van der Waals surface area contributed by atoms with Crippen molar-refractivity contribution < 1.29 is 18.3 Å². The summed E-state index contributed by atoms with van der Waals surface area (Å²) >= 11 is 0. The highest BCUT2D eigenvalue weighted by molar-refractivity contribution is 5.83. The Balaban J connectivity index is 1.28. The van der Waals surface area contributed by atoms with Crippen molar-refractivity contribution in [2.75, 3.05) is 19.7 Å². The molecule has 2 heterocycles. The summed E-state index contributed by atoms with van der Waals surface area (Å²) in [6.07, 6.45) is 0.841. The molecule has 1 saturated heterocycles. The predicted octanol–water partition coefficient (Wildman–Crippen LogP) is 5.82. The van der Waals surface area contributed by atoms with E-state index in [-0.39, 0.29) is 17.7 Å². The van der Waals surface area contributed by atoms with E-state index in [4.69, 9.17) is 9.15 Å². The molecule has 3 aromatic carbocycles. The highest BCUT2D eigenvalue weighted by atomic mass is 19.1. The van der Waals surface area contributed by atoms with Crippen LogP contribution in [0.2, 0.25) is 0 Å². The lowest BCUT2D eigenvalue weighted by molar-refractivity contribution is -0.154. The molecule has 0 spiro atoms. The van der Waals surface area contributed by atoms with E-state index in [1.54, 1.807) is 12.1 Å². The number of nitrogens with zero attached hydrogens (tertiary/aromatic N) is 1. The second-order valence-corrected chi connectivity index (χ2v) is 8.60. The minimum Gasteiger partial charge on any atom is -0.466 e. The molecule has 33 heavy (non-hydrogen) atoms. The average molecular weight is 444 g/mol. The van der Waals surface area contributed by atoms with Crippen molar-refractivity contribution in [2.45, 2.75) is 19.9 Å². The number of benzene rings is 3. The number of carbonyl (C=O) groups excluding carboxylic acids is 1. The molecule has 5 heteroatoms. The fraction of sp³-hybridized carbons (Fsp3) is 0.250. The lowest BCUT2D eigenvalue weighted by Gasteiger charge is -2.37. The van der Waals surface area contributed by atoms with Crippen LogP contribution >= 0.6 is 0 Å². The van der Waals surface area contributed by atoms with Crippen LogP contribution in [-0.4, -0.2) is 30.6 Å². The SMILES string of the molecule is CCOC(=O)C1CN(Cc2ccc(-c3cc4cc(Cc5ccccc5)ccc4o3)c(F)c2)C1. The third-order valence-corrected chi connectivity index (χ3v) is 6.11. The first-order valence-corrected chi connectivity index (χ1v) is 11.3. The molecule has 0 bridgehead atoms. The normalized spacial score (nSPS) is 14.4. The number of likely N-dealkylation sites (tertiary alicyclic amines) is 1. The molecular formula is C28H26FNO3. The van der Waals surface area contributed by atoms with Gasteiger partial charge in [-0.15, -0.1) is 0 Å². The van der Waals surface area contributed by atoms with Crippen LogP contribution in [-0.2, 0) is 22.5 Å². The van der Waals surface area contributed by atoms with E-state index < -0.39 is 0 Å². The maximum absolute atomic E-state index is 15.0. The molecule has 0 amide bonds. The van der Waals surface area contributed by atoms with Gasteiger partial charge in [0, 0.05) is 25.0 Å². The average Bonchev–Trinajstić information content (AvgIpc) is 3.20. The zero-order valence-corrected chi connectivity index (χ0v) is 18.6. The summed E-state index contributed by atoms with van der Waals surface area (Å²) in [5, 5.41) is 0.965. The first-order valence-electron chi connectivity index (χ1n) is 11.3. The standard InChI is InChI=1S/C28H26FNO3/c1-2-32-28(31)23-17-30(18-23)16-21-8-10-24(25(29)14-21)27-15-22-13-20(9-11-26(22)33-27)12-19-6-4-3-5-7-19/h3-11,13-15,23H,2,12,16-18H2,1H3. The van der Waals surface area contributed by atoms with Crippen molar-refractivity contribution in [3.63, 3.8) is 0 Å². The Hall–Kier alpha value is -3.44. The summed E-state index contributed by atoms with van der Waals surface area (Å²) in [6.45, 7) is 4.12. The Morgan fingerprint density at radius 3 is 2.55 bits per heavy atom. The molecular weight excluding hydrogens is 417 g/mol. The molecule has 0 saturated carbocycles. The van der Waals surface area contributed by atoms with Gasteiger partial charge in [0.05, 0.1) is 18.1 Å². The van der Waals surface area contributed by atoms with E-state index in [1.165, 1.54) is 11.1 Å². The first kappa shape index (κ1) is 21.4. The van der Waals surface area contributed by atoms with Crippen LogP contribution in [0.4, 0.5) is 4.39 Å². The third kappa shape index (κ3) is 4.69. The highest BCUT2D eigenvalue weighted by Gasteiger charge is 2.33. The molecule has 0 unspecified atom stereocenters. The maximum Gasteiger partial charge on any atom is 0.311 e. The largest absolute Gasteiger partial charge is 0.466 e. The lowest BCUT2D eigenvalue weighted by atomic mass is 9.99. The van der Waals surface area contributed by atoms with Crippen LogP contribution in [0.25, 0.3) is 22.3 Å². The topological polar surface area (TPSA) is 42.7 Å². The zero-order valence-electron chi connectivity index (χ0n) is 18.6. The molecule has 1 aliphatic heterocycles. The molecule has 0 atom stereocenters. The van der Waals surface area contributed by atoms with Crippen LogP contribution in [0.1, 0.15) is 23.6 Å². The number of furan rings is 1. The third-order valence-electron chi connectivity index (χ3n) is 6.11. The van der Waals surface area contributed by atoms with Gasteiger partial charge in [-0.1, -0.05) is 42.5 Å². The van der Waals surface area contributed by atoms with E-state index in [9.17, 15) is 9.18 Å². The monoisotopic (exact) mass is 443 g/mol. The summed E-state index contributed by atoms with van der Waals surface area (Å²) in [4.78, 5) is 13.9. The first-order chi connectivity index (χ1) is 16.1. The second kappa shape index (κ2) is 9.20. The summed E-state index contributed by atoms with van der Waals surface area (Å²) in [5.41, 5.74) is 4.51. The zero-order chi connectivity index (χ0) is 22.8. The van der Waals surface area contributed by atoms with E-state index in [1.807, 2.05) is 43.3 Å². The number of esters is 1. The van der Waals surface area contributed by atoms with Crippen molar-refractivity contribution in [3.8, 4) is 11.3 Å². The molecule has 4 nitrogen and oxygen atoms in total. The number of halogens is 1. The van der Waals surface area contributed by atoms with E-state index in [0.717, 1.165) is 23.0 Å². The van der Waals surface area contributed by atoms with Crippen molar-refractivity contribution >= 4 is 16.9 Å². The van der Waals surface area contributed by atoms with E-state index in [2.05, 4.69) is 29.2 Å². The second-order valence-electron chi connectivity index (χ2n) is 8.60. The number of fused-ring (bicyclic) bond motifs is 1. The number of rotatable bonds is 7. The Morgan fingerprint density at radius 2 is 1.79 bits per heavy atom. The van der Waals surface area contributed by atoms with Gasteiger partial charge >= 0.3 is 5.97 Å². The summed E-state index contributed by atoms with van der Waals surface area (Å²) in [7, 11) is 0. The minimum atomic E-state index is -0.307. The van der Waals surface area contributed by atoms with Crippen molar-refractivity contribution in [1.29, 1.82) is 0 Å². The Morgan fingerprint density at radius 1 is 1.00 bits per heavy atom. The van der Waals surface area contributed by atoms with Gasteiger partial charge in [-0.05, 0) is 60.4 Å². The smallest absolute Gasteiger partial charge is 0.311 e. The van der Waals surface area contributed by atoms with Crippen molar-refractivity contribution in [1.82, 2.24) is 4.90 Å². The molecule has 0 N–H and O–H groups in total. The fourth-order valence-electron chi connectivity index (χ4n) is 4.39. The fourth-order valence-corrected chi connectivity index (χ4v) is 4.39. The summed E-state index contributed by atoms with van der Waals surface area (Å²) in [5.74, 6) is -0.000687. The van der Waals surface area contributed by atoms with Gasteiger partial charge in [0.2, 0.25) is 0 Å². The summed E-state index contributed by atoms with van der Waals surface area (Å²) < 4.78 is 26.0.